The van der Waals surface area contributed by atoms with Crippen molar-refractivity contribution in [2.24, 2.45) is 0 Å². The number of aromatic nitrogens is 3. The summed E-state index contributed by atoms with van der Waals surface area (Å²) in [5.41, 5.74) is 4.61. The van der Waals surface area contributed by atoms with Crippen molar-refractivity contribution >= 4 is 51.6 Å². The van der Waals surface area contributed by atoms with Crippen molar-refractivity contribution in [3.63, 3.8) is 0 Å². The van der Waals surface area contributed by atoms with Gasteiger partial charge in [0.25, 0.3) is 0 Å². The predicted molar refractivity (Wildman–Crippen MR) is 129 cm³/mol. The summed E-state index contributed by atoms with van der Waals surface area (Å²) < 4.78 is 5.81. The van der Waals surface area contributed by atoms with Crippen molar-refractivity contribution in [1.29, 1.82) is 0 Å². The van der Waals surface area contributed by atoms with Crippen molar-refractivity contribution in [3.05, 3.63) is 102 Å². The van der Waals surface area contributed by atoms with Crippen LogP contribution in [-0.2, 0) is 0 Å². The first-order valence-corrected chi connectivity index (χ1v) is 12.2. The van der Waals surface area contributed by atoms with E-state index in [2.05, 4.69) is 111 Å². The summed E-state index contributed by atoms with van der Waals surface area (Å²) in [5.74, 6) is 1.12. The first kappa shape index (κ1) is 17.1. The van der Waals surface area contributed by atoms with Gasteiger partial charge in [0.1, 0.15) is 0 Å². The molecule has 7 rings (SSSR count). The molecule has 0 saturated heterocycles. The molecule has 0 unspecified atom stereocenters. The predicted octanol–water partition coefficient (Wildman–Crippen LogP) is 6.31. The van der Waals surface area contributed by atoms with Gasteiger partial charge in [0.05, 0.1) is 0 Å². The van der Waals surface area contributed by atoms with E-state index in [0.717, 1.165) is 21.6 Å². The molecule has 0 saturated carbocycles. The van der Waals surface area contributed by atoms with E-state index in [9.17, 15) is 0 Å². The standard InChI is InChI=1S/C27H17N3Se/c1-2-8-19-17-20(14-13-18(19)7-1)25-26(29-15-16-31-27(29)28-25)30-23-11-5-3-9-21(23)22-10-4-6-12-24(22)30/h1-17H. The Hall–Kier alpha value is -3.59. The van der Waals surface area contributed by atoms with Crippen molar-refractivity contribution < 1.29 is 0 Å². The summed E-state index contributed by atoms with van der Waals surface area (Å²) in [7, 11) is 0. The van der Waals surface area contributed by atoms with Gasteiger partial charge in [0.2, 0.25) is 0 Å². The van der Waals surface area contributed by atoms with E-state index in [1.807, 2.05) is 0 Å². The maximum absolute atomic E-state index is 5.14. The number of nitrogens with zero attached hydrogens (tertiary/aromatic N) is 3. The minimum atomic E-state index is 0.253. The van der Waals surface area contributed by atoms with Gasteiger partial charge in [-0.3, -0.25) is 0 Å². The molecule has 3 aromatic heterocycles. The Balaban J connectivity index is 1.63. The Morgan fingerprint density at radius 1 is 0.677 bits per heavy atom. The number of benzene rings is 4. The molecular weight excluding hydrogens is 445 g/mol. The first-order valence-electron chi connectivity index (χ1n) is 10.3. The van der Waals surface area contributed by atoms with Crippen molar-refractivity contribution in [1.82, 2.24) is 14.0 Å². The second-order valence-electron chi connectivity index (χ2n) is 7.77. The van der Waals surface area contributed by atoms with Gasteiger partial charge in [-0.2, -0.15) is 0 Å². The molecule has 31 heavy (non-hydrogen) atoms. The first-order chi connectivity index (χ1) is 15.4. The van der Waals surface area contributed by atoms with Crippen LogP contribution in [0.5, 0.6) is 0 Å². The topological polar surface area (TPSA) is 22.2 Å². The Kier molecular flexibility index (Phi) is 3.56. The summed E-state index contributed by atoms with van der Waals surface area (Å²) in [6.07, 6.45) is 2.19. The van der Waals surface area contributed by atoms with Gasteiger partial charge < -0.3 is 0 Å². The van der Waals surface area contributed by atoms with Gasteiger partial charge in [0, 0.05) is 0 Å². The quantitative estimate of drug-likeness (QED) is 0.276. The van der Waals surface area contributed by atoms with E-state index in [4.69, 9.17) is 4.98 Å². The molecule has 0 aliphatic heterocycles. The fourth-order valence-corrected chi connectivity index (χ4v) is 6.16. The number of fused-ring (bicyclic) bond motifs is 5. The number of hydrogen-bond donors (Lipinski definition) is 0. The monoisotopic (exact) mass is 463 g/mol. The molecule has 0 spiro atoms. The molecule has 4 aromatic carbocycles. The zero-order chi connectivity index (χ0) is 20.4. The molecular formula is C27H17N3Se. The van der Waals surface area contributed by atoms with Crippen molar-refractivity contribution in [3.8, 4) is 17.1 Å². The molecule has 0 atom stereocenters. The average molecular weight is 462 g/mol. The Bertz CT molecular complexity index is 1700. The maximum atomic E-state index is 5.14. The summed E-state index contributed by atoms with van der Waals surface area (Å²) >= 11 is 0.253. The van der Waals surface area contributed by atoms with Crippen LogP contribution in [0.1, 0.15) is 0 Å². The molecule has 0 fully saturated rings. The molecule has 7 aromatic rings. The summed E-state index contributed by atoms with van der Waals surface area (Å²) in [6, 6.07) is 32.5. The molecule has 0 bridgehead atoms. The molecule has 3 heterocycles. The zero-order valence-corrected chi connectivity index (χ0v) is 18.3. The van der Waals surface area contributed by atoms with Crippen LogP contribution in [-0.4, -0.2) is 28.5 Å². The normalized spacial score (nSPS) is 11.9. The van der Waals surface area contributed by atoms with Crippen LogP contribution < -0.4 is 0 Å². The Morgan fingerprint density at radius 3 is 2.13 bits per heavy atom. The SMILES string of the molecule is c1ccc2cc(-c3nc4[se]ccn4c3-n3c4ccccc4c4ccccc43)ccc2c1. The fourth-order valence-electron chi connectivity index (χ4n) is 4.67. The molecule has 0 radical (unpaired) electrons. The number of imidazole rings is 1. The van der Waals surface area contributed by atoms with Gasteiger partial charge in [-0.15, -0.1) is 0 Å². The summed E-state index contributed by atoms with van der Waals surface area (Å²) in [4.78, 5) is 7.39. The van der Waals surface area contributed by atoms with E-state index in [-0.39, 0.29) is 14.5 Å². The molecule has 3 nitrogen and oxygen atoms in total. The molecule has 0 aliphatic carbocycles. The number of para-hydroxylation sites is 2. The zero-order valence-electron chi connectivity index (χ0n) is 16.6. The van der Waals surface area contributed by atoms with E-state index in [1.165, 1.54) is 32.6 Å². The van der Waals surface area contributed by atoms with Crippen LogP contribution >= 0.6 is 0 Å². The average Bonchev–Trinajstić information content (AvgIpc) is 3.50. The number of rotatable bonds is 2. The van der Waals surface area contributed by atoms with E-state index in [1.54, 1.807) is 0 Å². The third-order valence-corrected chi connectivity index (χ3v) is 7.64. The fraction of sp³-hybridized carbons (Fsp3) is 0. The number of hydrogen-bond acceptors (Lipinski definition) is 1. The Labute approximate surface area is 184 Å². The third kappa shape index (κ3) is 2.43. The van der Waals surface area contributed by atoms with Crippen LogP contribution in [0.2, 0.25) is 0 Å². The third-order valence-electron chi connectivity index (χ3n) is 6.05. The molecule has 0 amide bonds. The van der Waals surface area contributed by atoms with Crippen LogP contribution in [0.4, 0.5) is 0 Å². The molecule has 4 heteroatoms. The second kappa shape index (κ2) is 6.45. The van der Waals surface area contributed by atoms with Gasteiger partial charge in [-0.25, -0.2) is 0 Å². The van der Waals surface area contributed by atoms with E-state index >= 15 is 0 Å². The summed E-state index contributed by atoms with van der Waals surface area (Å²) in [6.45, 7) is 0. The van der Waals surface area contributed by atoms with Crippen LogP contribution in [0.25, 0.3) is 54.2 Å². The van der Waals surface area contributed by atoms with E-state index < -0.39 is 0 Å². The van der Waals surface area contributed by atoms with Gasteiger partial charge in [-0.1, -0.05) is 0 Å². The van der Waals surface area contributed by atoms with Crippen LogP contribution in [0.15, 0.2) is 102 Å². The van der Waals surface area contributed by atoms with Gasteiger partial charge in [0.15, 0.2) is 0 Å². The Morgan fingerprint density at radius 2 is 1.35 bits per heavy atom. The minimum absolute atomic E-state index is 0.253. The van der Waals surface area contributed by atoms with Crippen LogP contribution in [0.3, 0.4) is 0 Å². The molecule has 0 aliphatic rings. The van der Waals surface area contributed by atoms with Gasteiger partial charge >= 0.3 is 185 Å². The summed E-state index contributed by atoms with van der Waals surface area (Å²) in [5, 5.41) is 5.03. The second-order valence-corrected chi connectivity index (χ2v) is 9.60. The molecule has 0 N–H and O–H groups in total. The molecule has 146 valence electrons. The van der Waals surface area contributed by atoms with Crippen molar-refractivity contribution in [2.75, 3.05) is 0 Å². The van der Waals surface area contributed by atoms with Crippen molar-refractivity contribution in [2.45, 2.75) is 0 Å². The van der Waals surface area contributed by atoms with Crippen LogP contribution in [0, 0.1) is 0 Å². The van der Waals surface area contributed by atoms with E-state index in [0.29, 0.717) is 0 Å². The van der Waals surface area contributed by atoms with Gasteiger partial charge in [-0.05, 0) is 0 Å².